The monoisotopic (exact) mass is 465 g/mol. The van der Waals surface area contributed by atoms with Gasteiger partial charge in [-0.25, -0.2) is 0 Å². The van der Waals surface area contributed by atoms with E-state index in [0.717, 1.165) is 12.1 Å². The zero-order valence-electron chi connectivity index (χ0n) is 18.1. The molecule has 9 nitrogen and oxygen atoms in total. The highest BCUT2D eigenvalue weighted by molar-refractivity contribution is 7.99. The number of hydrogen-bond acceptors (Lipinski definition) is 7. The largest absolute Gasteiger partial charge is 0.485 e. The molecule has 0 radical (unpaired) electrons. The smallest absolute Gasteiger partial charge is 0.234 e. The summed E-state index contributed by atoms with van der Waals surface area (Å²) in [5.74, 6) is 2.13. The molecule has 2 aromatic carbocycles. The summed E-state index contributed by atoms with van der Waals surface area (Å²) in [4.78, 5) is 26.3. The molecule has 0 bridgehead atoms. The third-order valence-corrected chi connectivity index (χ3v) is 6.53. The van der Waals surface area contributed by atoms with Crippen LogP contribution in [-0.4, -0.2) is 45.5 Å². The Balaban J connectivity index is 1.19. The summed E-state index contributed by atoms with van der Waals surface area (Å²) in [5, 5.41) is 12.0. The first-order valence-electron chi connectivity index (χ1n) is 10.7. The molecule has 2 aliphatic heterocycles. The topological polar surface area (TPSA) is 98.6 Å². The highest BCUT2D eigenvalue weighted by atomic mass is 32.2. The van der Waals surface area contributed by atoms with Crippen molar-refractivity contribution in [3.05, 3.63) is 54.4 Å². The number of amides is 2. The molecule has 3 heterocycles. The van der Waals surface area contributed by atoms with Crippen LogP contribution in [0, 0.1) is 0 Å². The van der Waals surface area contributed by atoms with Gasteiger partial charge in [-0.3, -0.25) is 9.59 Å². The molecule has 2 amide bonds. The minimum Gasteiger partial charge on any atom is -0.485 e. The van der Waals surface area contributed by atoms with Crippen molar-refractivity contribution in [2.24, 2.45) is 7.05 Å². The third kappa shape index (κ3) is 4.51. The number of nitrogens with zero attached hydrogens (tertiary/aromatic N) is 4. The molecule has 1 saturated heterocycles. The highest BCUT2D eigenvalue weighted by Crippen LogP contribution is 2.35. The summed E-state index contributed by atoms with van der Waals surface area (Å²) in [7, 11) is 1.84. The van der Waals surface area contributed by atoms with Crippen molar-refractivity contribution in [2.75, 3.05) is 29.1 Å². The fourth-order valence-electron chi connectivity index (χ4n) is 3.88. The molecule has 1 N–H and O–H groups in total. The van der Waals surface area contributed by atoms with Crippen LogP contribution < -0.4 is 19.7 Å². The number of hydrogen-bond donors (Lipinski definition) is 1. The van der Waals surface area contributed by atoms with Gasteiger partial charge < -0.3 is 24.3 Å². The van der Waals surface area contributed by atoms with E-state index in [9.17, 15) is 9.59 Å². The van der Waals surface area contributed by atoms with E-state index in [-0.39, 0.29) is 23.7 Å². The Bertz CT molecular complexity index is 1200. The minimum absolute atomic E-state index is 0.114. The number of benzene rings is 2. The molecule has 1 atom stereocenters. The van der Waals surface area contributed by atoms with Crippen LogP contribution in [0.3, 0.4) is 0 Å². The van der Waals surface area contributed by atoms with E-state index in [4.69, 9.17) is 9.47 Å². The van der Waals surface area contributed by atoms with Gasteiger partial charge in [0.15, 0.2) is 28.6 Å². The second-order valence-corrected chi connectivity index (χ2v) is 8.74. The van der Waals surface area contributed by atoms with Crippen molar-refractivity contribution in [3.63, 3.8) is 0 Å². The number of ether oxygens (including phenoxy) is 2. The Morgan fingerprint density at radius 2 is 2.03 bits per heavy atom. The Kier molecular flexibility index (Phi) is 5.91. The number of aromatic nitrogens is 3. The predicted octanol–water partition coefficient (Wildman–Crippen LogP) is 3.19. The van der Waals surface area contributed by atoms with Crippen LogP contribution in [0.5, 0.6) is 11.5 Å². The second-order valence-electron chi connectivity index (χ2n) is 7.80. The molecule has 0 saturated carbocycles. The number of rotatable bonds is 6. The first-order chi connectivity index (χ1) is 16.1. The van der Waals surface area contributed by atoms with Crippen LogP contribution >= 0.6 is 11.8 Å². The molecule has 1 aromatic heterocycles. The Morgan fingerprint density at radius 1 is 1.18 bits per heavy atom. The zero-order valence-corrected chi connectivity index (χ0v) is 18.9. The van der Waals surface area contributed by atoms with Crippen LogP contribution in [0.15, 0.2) is 53.7 Å². The van der Waals surface area contributed by atoms with Crippen molar-refractivity contribution in [1.29, 1.82) is 0 Å². The summed E-state index contributed by atoms with van der Waals surface area (Å²) in [6, 6.07) is 14.9. The van der Waals surface area contributed by atoms with Crippen molar-refractivity contribution >= 4 is 35.0 Å². The zero-order chi connectivity index (χ0) is 22.8. The van der Waals surface area contributed by atoms with Gasteiger partial charge in [0.2, 0.25) is 11.8 Å². The molecular formula is C23H23N5O4S. The maximum Gasteiger partial charge on any atom is 0.234 e. The Labute approximate surface area is 195 Å². The average molecular weight is 466 g/mol. The molecule has 3 aromatic rings. The number of fused-ring (bicyclic) bond motifs is 1. The fourth-order valence-corrected chi connectivity index (χ4v) is 4.60. The molecule has 33 heavy (non-hydrogen) atoms. The van der Waals surface area contributed by atoms with Gasteiger partial charge in [0.1, 0.15) is 6.61 Å². The van der Waals surface area contributed by atoms with Gasteiger partial charge >= 0.3 is 0 Å². The molecular weight excluding hydrogens is 442 g/mol. The van der Waals surface area contributed by atoms with E-state index in [1.807, 2.05) is 60.1 Å². The summed E-state index contributed by atoms with van der Waals surface area (Å²) in [6.07, 6.45) is 1.05. The van der Waals surface area contributed by atoms with Gasteiger partial charge in [-0.05, 0) is 36.8 Å². The van der Waals surface area contributed by atoms with Crippen LogP contribution in [0.2, 0.25) is 0 Å². The molecule has 170 valence electrons. The molecule has 0 aliphatic carbocycles. The van der Waals surface area contributed by atoms with Gasteiger partial charge in [-0.2, -0.15) is 0 Å². The summed E-state index contributed by atoms with van der Waals surface area (Å²) < 4.78 is 13.6. The molecule has 10 heteroatoms. The van der Waals surface area contributed by atoms with Gasteiger partial charge in [-0.15, -0.1) is 10.2 Å². The Morgan fingerprint density at radius 3 is 2.85 bits per heavy atom. The number of carbonyl (C=O) groups is 2. The molecule has 2 aliphatic rings. The van der Waals surface area contributed by atoms with Gasteiger partial charge in [0.25, 0.3) is 0 Å². The van der Waals surface area contributed by atoms with Gasteiger partial charge in [-0.1, -0.05) is 30.0 Å². The van der Waals surface area contributed by atoms with Crippen LogP contribution in [-0.2, 0) is 16.6 Å². The van der Waals surface area contributed by atoms with Crippen LogP contribution in [0.25, 0.3) is 0 Å². The third-order valence-electron chi connectivity index (χ3n) is 5.51. The molecule has 1 unspecified atom stereocenters. The van der Waals surface area contributed by atoms with Crippen LogP contribution in [0.1, 0.15) is 24.8 Å². The van der Waals surface area contributed by atoms with Gasteiger partial charge in [0.05, 0.1) is 5.75 Å². The fraction of sp³-hybridized carbons (Fsp3) is 0.304. The Hall–Kier alpha value is -3.53. The number of thioether (sulfide) groups is 1. The lowest BCUT2D eigenvalue weighted by Gasteiger charge is -2.25. The van der Waals surface area contributed by atoms with Crippen molar-refractivity contribution < 1.29 is 19.1 Å². The maximum atomic E-state index is 12.5. The normalized spacial score (nSPS) is 17.3. The van der Waals surface area contributed by atoms with E-state index < -0.39 is 0 Å². The SMILES string of the molecule is Cn1c(SCC(=O)Nc2cccc(N3CCCC3=O)c2)nnc1C1COc2ccccc2O1. The first kappa shape index (κ1) is 21.3. The summed E-state index contributed by atoms with van der Waals surface area (Å²) in [6.45, 7) is 1.05. The number of para-hydroxylation sites is 2. The predicted molar refractivity (Wildman–Crippen MR) is 124 cm³/mol. The van der Waals surface area contributed by atoms with E-state index >= 15 is 0 Å². The number of nitrogens with one attached hydrogen (secondary N) is 1. The second kappa shape index (κ2) is 9.14. The lowest BCUT2D eigenvalue weighted by atomic mass is 10.2. The molecule has 5 rings (SSSR count). The number of carbonyl (C=O) groups excluding carboxylic acids is 2. The van der Waals surface area contributed by atoms with E-state index in [0.29, 0.717) is 47.7 Å². The minimum atomic E-state index is -0.378. The lowest BCUT2D eigenvalue weighted by molar-refractivity contribution is -0.117. The van der Waals surface area contributed by atoms with Crippen molar-refractivity contribution in [1.82, 2.24) is 14.8 Å². The van der Waals surface area contributed by atoms with Crippen molar-refractivity contribution in [2.45, 2.75) is 24.1 Å². The molecule has 1 fully saturated rings. The number of anilines is 2. The van der Waals surface area contributed by atoms with Crippen molar-refractivity contribution in [3.8, 4) is 11.5 Å². The standard InChI is InChI=1S/C23H23N5O4S/c1-27-22(19-13-31-17-8-2-3-9-18(17)32-19)25-26-23(27)33-14-20(29)24-15-6-4-7-16(12-15)28-11-5-10-21(28)30/h2-4,6-9,12,19H,5,10-11,13-14H2,1H3,(H,24,29). The maximum absolute atomic E-state index is 12.5. The first-order valence-corrected chi connectivity index (χ1v) is 11.7. The molecule has 0 spiro atoms. The highest BCUT2D eigenvalue weighted by Gasteiger charge is 2.27. The lowest BCUT2D eigenvalue weighted by Crippen LogP contribution is -2.24. The quantitative estimate of drug-likeness (QED) is 0.558. The van der Waals surface area contributed by atoms with E-state index in [2.05, 4.69) is 15.5 Å². The van der Waals surface area contributed by atoms with E-state index in [1.54, 1.807) is 4.90 Å². The van der Waals surface area contributed by atoms with Crippen LogP contribution in [0.4, 0.5) is 11.4 Å². The van der Waals surface area contributed by atoms with Gasteiger partial charge in [0, 0.05) is 31.4 Å². The average Bonchev–Trinajstić information content (AvgIpc) is 3.42. The van der Waals surface area contributed by atoms with E-state index in [1.165, 1.54) is 11.8 Å². The summed E-state index contributed by atoms with van der Waals surface area (Å²) in [5.41, 5.74) is 1.46. The summed E-state index contributed by atoms with van der Waals surface area (Å²) >= 11 is 1.29.